The standard InChI is InChI=1S/C15H15ClN6O/c16-10-2-1-3-11(8-10)19-13-12-14(18-9-17-13)20-21-15(12)22-4-6-23-7-5-22/h1-3,8-9H,4-7H2,(H2,17,18,19,20,21). The Kier molecular flexibility index (Phi) is 3.72. The lowest BCUT2D eigenvalue weighted by molar-refractivity contribution is 0.122. The summed E-state index contributed by atoms with van der Waals surface area (Å²) in [5.74, 6) is 1.54. The van der Waals surface area contributed by atoms with E-state index in [1.807, 2.05) is 24.3 Å². The summed E-state index contributed by atoms with van der Waals surface area (Å²) in [6.07, 6.45) is 1.51. The van der Waals surface area contributed by atoms with Crippen LogP contribution in [0.15, 0.2) is 30.6 Å². The predicted octanol–water partition coefficient (Wildman–Crippen LogP) is 2.59. The normalized spacial score (nSPS) is 15.1. The van der Waals surface area contributed by atoms with Crippen LogP contribution in [0.25, 0.3) is 11.0 Å². The third kappa shape index (κ3) is 2.80. The van der Waals surface area contributed by atoms with Crippen molar-refractivity contribution in [3.8, 4) is 0 Å². The van der Waals surface area contributed by atoms with Crippen LogP contribution >= 0.6 is 11.6 Å². The highest BCUT2D eigenvalue weighted by atomic mass is 35.5. The average molecular weight is 331 g/mol. The summed E-state index contributed by atoms with van der Waals surface area (Å²) in [5, 5.41) is 12.2. The topological polar surface area (TPSA) is 79.0 Å². The van der Waals surface area contributed by atoms with E-state index in [4.69, 9.17) is 16.3 Å². The van der Waals surface area contributed by atoms with Gasteiger partial charge in [-0.3, -0.25) is 5.10 Å². The van der Waals surface area contributed by atoms with Crippen molar-refractivity contribution in [2.75, 3.05) is 36.5 Å². The number of nitrogens with zero attached hydrogens (tertiary/aromatic N) is 4. The molecule has 2 N–H and O–H groups in total. The number of hydrogen-bond acceptors (Lipinski definition) is 6. The molecule has 0 radical (unpaired) electrons. The number of hydrogen-bond donors (Lipinski definition) is 2. The second kappa shape index (κ2) is 6.02. The van der Waals surface area contributed by atoms with E-state index >= 15 is 0 Å². The molecule has 0 saturated carbocycles. The summed E-state index contributed by atoms with van der Waals surface area (Å²) in [5.41, 5.74) is 1.57. The van der Waals surface area contributed by atoms with E-state index in [0.29, 0.717) is 29.7 Å². The van der Waals surface area contributed by atoms with Crippen molar-refractivity contribution in [3.63, 3.8) is 0 Å². The molecule has 4 rings (SSSR count). The Bertz CT molecular complexity index is 830. The van der Waals surface area contributed by atoms with Crippen molar-refractivity contribution in [2.24, 2.45) is 0 Å². The number of anilines is 3. The number of fused-ring (bicyclic) bond motifs is 1. The zero-order chi connectivity index (χ0) is 15.6. The third-order valence-corrected chi connectivity index (χ3v) is 3.97. The first kappa shape index (κ1) is 14.2. The molecule has 3 aromatic rings. The summed E-state index contributed by atoms with van der Waals surface area (Å²) in [6.45, 7) is 2.98. The van der Waals surface area contributed by atoms with Gasteiger partial charge in [-0.1, -0.05) is 17.7 Å². The van der Waals surface area contributed by atoms with Crippen LogP contribution in [-0.4, -0.2) is 46.5 Å². The van der Waals surface area contributed by atoms with Gasteiger partial charge >= 0.3 is 0 Å². The van der Waals surface area contributed by atoms with Gasteiger partial charge in [-0.15, -0.1) is 0 Å². The molecule has 3 heterocycles. The molecule has 0 bridgehead atoms. The highest BCUT2D eigenvalue weighted by molar-refractivity contribution is 6.30. The number of rotatable bonds is 3. The fraction of sp³-hybridized carbons (Fsp3) is 0.267. The van der Waals surface area contributed by atoms with Crippen molar-refractivity contribution >= 4 is 40.0 Å². The van der Waals surface area contributed by atoms with E-state index in [1.54, 1.807) is 0 Å². The first-order chi connectivity index (χ1) is 11.3. The fourth-order valence-electron chi connectivity index (χ4n) is 2.65. The number of morpholine rings is 1. The number of ether oxygens (including phenoxy) is 1. The van der Waals surface area contributed by atoms with Crippen LogP contribution in [0.5, 0.6) is 0 Å². The summed E-state index contributed by atoms with van der Waals surface area (Å²) < 4.78 is 5.41. The lowest BCUT2D eigenvalue weighted by atomic mass is 10.3. The molecule has 1 saturated heterocycles. The van der Waals surface area contributed by atoms with Crippen molar-refractivity contribution in [1.82, 2.24) is 20.2 Å². The molecule has 0 atom stereocenters. The van der Waals surface area contributed by atoms with Crippen molar-refractivity contribution in [2.45, 2.75) is 0 Å². The molecule has 0 amide bonds. The highest BCUT2D eigenvalue weighted by Gasteiger charge is 2.20. The molecular formula is C15H15ClN6O. The molecule has 2 aromatic heterocycles. The SMILES string of the molecule is Clc1cccc(Nc2ncnc3[nH]nc(N4CCOCC4)c23)c1. The van der Waals surface area contributed by atoms with E-state index in [0.717, 1.165) is 30.0 Å². The number of aromatic nitrogens is 4. The van der Waals surface area contributed by atoms with Crippen LogP contribution in [0.3, 0.4) is 0 Å². The van der Waals surface area contributed by atoms with Gasteiger partial charge in [0.2, 0.25) is 0 Å². The first-order valence-corrected chi connectivity index (χ1v) is 7.73. The Hall–Kier alpha value is -2.38. The van der Waals surface area contributed by atoms with Gasteiger partial charge in [0, 0.05) is 23.8 Å². The first-order valence-electron chi connectivity index (χ1n) is 7.35. The fourth-order valence-corrected chi connectivity index (χ4v) is 2.84. The van der Waals surface area contributed by atoms with Gasteiger partial charge in [0.25, 0.3) is 0 Å². The minimum absolute atomic E-state index is 0.667. The second-order valence-corrected chi connectivity index (χ2v) is 5.66. The number of benzene rings is 1. The molecule has 1 aromatic carbocycles. The van der Waals surface area contributed by atoms with E-state index < -0.39 is 0 Å². The third-order valence-electron chi connectivity index (χ3n) is 3.74. The summed E-state index contributed by atoms with van der Waals surface area (Å²) in [4.78, 5) is 10.8. The molecule has 23 heavy (non-hydrogen) atoms. The van der Waals surface area contributed by atoms with Crippen molar-refractivity contribution in [3.05, 3.63) is 35.6 Å². The average Bonchev–Trinajstić information content (AvgIpc) is 3.01. The monoisotopic (exact) mass is 330 g/mol. The Labute approximate surface area is 137 Å². The Morgan fingerprint density at radius 2 is 2.09 bits per heavy atom. The van der Waals surface area contributed by atoms with E-state index in [9.17, 15) is 0 Å². The van der Waals surface area contributed by atoms with Gasteiger partial charge in [0.1, 0.15) is 17.5 Å². The summed E-state index contributed by atoms with van der Waals surface area (Å²) >= 11 is 6.05. The van der Waals surface area contributed by atoms with E-state index in [2.05, 4.69) is 30.4 Å². The zero-order valence-corrected chi connectivity index (χ0v) is 13.0. The van der Waals surface area contributed by atoms with Gasteiger partial charge < -0.3 is 15.0 Å². The molecule has 1 fully saturated rings. The molecule has 0 aliphatic carbocycles. The summed E-state index contributed by atoms with van der Waals surface area (Å²) in [6, 6.07) is 7.51. The number of H-pyrrole nitrogens is 1. The van der Waals surface area contributed by atoms with Gasteiger partial charge in [0.05, 0.1) is 13.2 Å². The molecule has 0 spiro atoms. The van der Waals surface area contributed by atoms with Crippen LogP contribution in [0, 0.1) is 0 Å². The van der Waals surface area contributed by atoms with E-state index in [-0.39, 0.29) is 0 Å². The molecule has 7 nitrogen and oxygen atoms in total. The van der Waals surface area contributed by atoms with Gasteiger partial charge in [-0.25, -0.2) is 9.97 Å². The van der Waals surface area contributed by atoms with Crippen LogP contribution in [0.1, 0.15) is 0 Å². The molecule has 1 aliphatic heterocycles. The Morgan fingerprint density at radius 3 is 2.91 bits per heavy atom. The van der Waals surface area contributed by atoms with Gasteiger partial charge in [-0.05, 0) is 18.2 Å². The largest absolute Gasteiger partial charge is 0.378 e. The Balaban J connectivity index is 1.75. The summed E-state index contributed by atoms with van der Waals surface area (Å²) in [7, 11) is 0. The molecule has 8 heteroatoms. The quantitative estimate of drug-likeness (QED) is 0.768. The second-order valence-electron chi connectivity index (χ2n) is 5.23. The van der Waals surface area contributed by atoms with Crippen LogP contribution < -0.4 is 10.2 Å². The maximum absolute atomic E-state index is 6.05. The minimum atomic E-state index is 0.667. The minimum Gasteiger partial charge on any atom is -0.378 e. The highest BCUT2D eigenvalue weighted by Crippen LogP contribution is 2.31. The van der Waals surface area contributed by atoms with Gasteiger partial charge in [0.15, 0.2) is 11.5 Å². The van der Waals surface area contributed by atoms with E-state index in [1.165, 1.54) is 6.33 Å². The van der Waals surface area contributed by atoms with Crippen molar-refractivity contribution in [1.29, 1.82) is 0 Å². The number of halogens is 1. The predicted molar refractivity (Wildman–Crippen MR) is 89.5 cm³/mol. The number of nitrogens with one attached hydrogen (secondary N) is 2. The lowest BCUT2D eigenvalue weighted by Crippen LogP contribution is -2.36. The Morgan fingerprint density at radius 1 is 1.22 bits per heavy atom. The number of aromatic amines is 1. The van der Waals surface area contributed by atoms with Crippen molar-refractivity contribution < 1.29 is 4.74 Å². The van der Waals surface area contributed by atoms with Crippen LogP contribution in [-0.2, 0) is 4.74 Å². The smallest absolute Gasteiger partial charge is 0.163 e. The zero-order valence-electron chi connectivity index (χ0n) is 12.3. The molecule has 118 valence electrons. The lowest BCUT2D eigenvalue weighted by Gasteiger charge is -2.27. The molecular weight excluding hydrogens is 316 g/mol. The van der Waals surface area contributed by atoms with Crippen LogP contribution in [0.4, 0.5) is 17.3 Å². The maximum atomic E-state index is 6.05. The van der Waals surface area contributed by atoms with Gasteiger partial charge in [-0.2, -0.15) is 5.10 Å². The maximum Gasteiger partial charge on any atom is 0.163 e. The molecule has 1 aliphatic rings. The molecule has 0 unspecified atom stereocenters. The van der Waals surface area contributed by atoms with Crippen LogP contribution in [0.2, 0.25) is 5.02 Å².